The molecule has 0 amide bonds. The van der Waals surface area contributed by atoms with Crippen LogP contribution in [-0.2, 0) is 17.2 Å². The maximum atomic E-state index is 13.0. The molecule has 3 aromatic carbocycles. The molecule has 0 saturated carbocycles. The number of hydrogen-bond donors (Lipinski definition) is 0. The van der Waals surface area contributed by atoms with Crippen LogP contribution >= 0.6 is 0 Å². The van der Waals surface area contributed by atoms with Crippen molar-refractivity contribution in [1.29, 1.82) is 0 Å². The van der Waals surface area contributed by atoms with Crippen LogP contribution in [0, 0.1) is 6.92 Å². The van der Waals surface area contributed by atoms with Crippen LogP contribution in [0.1, 0.15) is 59.7 Å². The first-order valence-electron chi connectivity index (χ1n) is 11.1. The number of ether oxygens (including phenoxy) is 2. The second kappa shape index (κ2) is 8.39. The van der Waals surface area contributed by atoms with E-state index in [1.807, 2.05) is 54.9 Å². The molecule has 33 heavy (non-hydrogen) atoms. The molecule has 1 heterocycles. The molecule has 4 rings (SSSR count). The molecular formula is C28H29NO4. The number of rotatable bonds is 4. The topological polar surface area (TPSA) is 57.5 Å². The Labute approximate surface area is 193 Å². The van der Waals surface area contributed by atoms with E-state index in [1.54, 1.807) is 25.1 Å². The van der Waals surface area contributed by atoms with Crippen LogP contribution < -0.4 is 4.74 Å². The van der Waals surface area contributed by atoms with E-state index in [0.29, 0.717) is 22.3 Å². The zero-order valence-electron chi connectivity index (χ0n) is 20.0. The zero-order valence-corrected chi connectivity index (χ0v) is 20.0. The van der Waals surface area contributed by atoms with E-state index in [4.69, 9.17) is 9.47 Å². The lowest BCUT2D eigenvalue weighted by atomic mass is 9.87. The van der Waals surface area contributed by atoms with E-state index in [0.717, 1.165) is 27.5 Å². The Kier molecular flexibility index (Phi) is 5.75. The number of fused-ring (bicyclic) bond motifs is 3. The third kappa shape index (κ3) is 3.99. The number of aryl methyl sites for hydroxylation is 1. The van der Waals surface area contributed by atoms with Gasteiger partial charge in [0, 0.05) is 28.9 Å². The van der Waals surface area contributed by atoms with Gasteiger partial charge in [0.2, 0.25) is 0 Å². The van der Waals surface area contributed by atoms with Crippen LogP contribution in [0.2, 0.25) is 0 Å². The Morgan fingerprint density at radius 3 is 2.15 bits per heavy atom. The molecule has 0 N–H and O–H groups in total. The van der Waals surface area contributed by atoms with Gasteiger partial charge in [-0.3, -0.25) is 0 Å². The van der Waals surface area contributed by atoms with Crippen molar-refractivity contribution in [3.63, 3.8) is 0 Å². The number of nitrogens with zero attached hydrogens (tertiary/aromatic N) is 1. The largest absolute Gasteiger partial charge is 0.462 e. The number of carbonyl (C=O) groups is 2. The van der Waals surface area contributed by atoms with Crippen LogP contribution in [0.5, 0.6) is 5.75 Å². The van der Waals surface area contributed by atoms with E-state index in [2.05, 4.69) is 20.8 Å². The Bertz CT molecular complexity index is 1370. The van der Waals surface area contributed by atoms with Crippen molar-refractivity contribution in [3.05, 3.63) is 77.0 Å². The summed E-state index contributed by atoms with van der Waals surface area (Å²) in [5.74, 6) is -0.407. The first-order chi connectivity index (χ1) is 15.6. The highest BCUT2D eigenvalue weighted by Gasteiger charge is 2.24. The summed E-state index contributed by atoms with van der Waals surface area (Å²) in [6, 6.07) is 17.0. The van der Waals surface area contributed by atoms with Crippen molar-refractivity contribution in [2.45, 2.75) is 40.0 Å². The van der Waals surface area contributed by atoms with Gasteiger partial charge in [-0.25, -0.2) is 9.59 Å². The lowest BCUT2D eigenvalue weighted by Crippen LogP contribution is -2.13. The molecule has 0 spiro atoms. The lowest BCUT2D eigenvalue weighted by Gasteiger charge is -2.19. The zero-order chi connectivity index (χ0) is 23.9. The fraction of sp³-hybridized carbons (Fsp3) is 0.286. The van der Waals surface area contributed by atoms with E-state index in [9.17, 15) is 9.59 Å². The summed E-state index contributed by atoms with van der Waals surface area (Å²) in [5.41, 5.74) is 3.81. The van der Waals surface area contributed by atoms with Gasteiger partial charge in [-0.1, -0.05) is 57.2 Å². The first kappa shape index (κ1) is 22.6. The Balaban J connectivity index is 1.84. The van der Waals surface area contributed by atoms with Gasteiger partial charge in [-0.15, -0.1) is 0 Å². The van der Waals surface area contributed by atoms with Crippen LogP contribution in [0.3, 0.4) is 0 Å². The lowest BCUT2D eigenvalue weighted by molar-refractivity contribution is 0.0527. The summed E-state index contributed by atoms with van der Waals surface area (Å²) in [4.78, 5) is 25.8. The quantitative estimate of drug-likeness (QED) is 0.273. The minimum Gasteiger partial charge on any atom is -0.462 e. The molecule has 4 aromatic rings. The van der Waals surface area contributed by atoms with Gasteiger partial charge in [-0.05, 0) is 43.0 Å². The smallest absolute Gasteiger partial charge is 0.343 e. The third-order valence-corrected chi connectivity index (χ3v) is 6.12. The summed E-state index contributed by atoms with van der Waals surface area (Å²) in [6.07, 6.45) is 0. The number of esters is 2. The van der Waals surface area contributed by atoms with Gasteiger partial charge in [0.15, 0.2) is 0 Å². The summed E-state index contributed by atoms with van der Waals surface area (Å²) < 4.78 is 13.2. The molecule has 0 fully saturated rings. The van der Waals surface area contributed by atoms with E-state index in [-0.39, 0.29) is 18.0 Å². The van der Waals surface area contributed by atoms with Gasteiger partial charge >= 0.3 is 11.9 Å². The fourth-order valence-electron chi connectivity index (χ4n) is 4.22. The van der Waals surface area contributed by atoms with Crippen LogP contribution in [0.15, 0.2) is 54.6 Å². The van der Waals surface area contributed by atoms with Crippen LogP contribution in [0.4, 0.5) is 0 Å². The second-order valence-electron chi connectivity index (χ2n) is 9.27. The maximum absolute atomic E-state index is 13.0. The molecule has 0 atom stereocenters. The van der Waals surface area contributed by atoms with Gasteiger partial charge in [0.25, 0.3) is 0 Å². The highest BCUT2D eigenvalue weighted by molar-refractivity contribution is 6.16. The predicted molar refractivity (Wildman–Crippen MR) is 131 cm³/mol. The molecule has 5 heteroatoms. The van der Waals surface area contributed by atoms with Gasteiger partial charge in [0.1, 0.15) is 5.75 Å². The second-order valence-corrected chi connectivity index (χ2v) is 9.27. The molecule has 5 nitrogen and oxygen atoms in total. The molecule has 1 aromatic heterocycles. The molecule has 0 radical (unpaired) electrons. The average molecular weight is 444 g/mol. The molecule has 0 unspecified atom stereocenters. The summed E-state index contributed by atoms with van der Waals surface area (Å²) in [7, 11) is 1.93. The third-order valence-electron chi connectivity index (χ3n) is 6.12. The van der Waals surface area contributed by atoms with Crippen LogP contribution in [-0.4, -0.2) is 23.1 Å². The van der Waals surface area contributed by atoms with Crippen molar-refractivity contribution < 1.29 is 19.1 Å². The summed E-state index contributed by atoms with van der Waals surface area (Å²) >= 11 is 0. The molecular weight excluding hydrogens is 414 g/mol. The van der Waals surface area contributed by atoms with Gasteiger partial charge in [0.05, 0.1) is 23.3 Å². The molecule has 0 bridgehead atoms. The summed E-state index contributed by atoms with van der Waals surface area (Å²) in [6.45, 7) is 10.4. The molecule has 170 valence electrons. The highest BCUT2D eigenvalue weighted by atomic mass is 16.5. The number of carbonyl (C=O) groups excluding carboxylic acids is 2. The van der Waals surface area contributed by atoms with Crippen molar-refractivity contribution in [2.75, 3.05) is 6.61 Å². The fourth-order valence-corrected chi connectivity index (χ4v) is 4.22. The predicted octanol–water partition coefficient (Wildman–Crippen LogP) is 6.33. The normalized spacial score (nSPS) is 11.7. The maximum Gasteiger partial charge on any atom is 0.343 e. The molecule has 0 aliphatic rings. The average Bonchev–Trinajstić information content (AvgIpc) is 3.03. The summed E-state index contributed by atoms with van der Waals surface area (Å²) in [5, 5.41) is 2.42. The van der Waals surface area contributed by atoms with Crippen molar-refractivity contribution in [3.8, 4) is 5.75 Å². The molecule has 0 saturated heterocycles. The first-order valence-corrected chi connectivity index (χ1v) is 11.1. The Morgan fingerprint density at radius 2 is 1.55 bits per heavy atom. The molecule has 0 aliphatic heterocycles. The molecule has 0 aliphatic carbocycles. The SMILES string of the molecule is CCOC(=O)c1c(C)n(C)c2c1cc(OC(=O)c1ccc(C(C)(C)C)cc1)c1ccccc12. The van der Waals surface area contributed by atoms with Gasteiger partial charge < -0.3 is 14.0 Å². The Morgan fingerprint density at radius 1 is 0.909 bits per heavy atom. The van der Waals surface area contributed by atoms with E-state index < -0.39 is 5.97 Å². The van der Waals surface area contributed by atoms with E-state index in [1.165, 1.54) is 0 Å². The van der Waals surface area contributed by atoms with E-state index >= 15 is 0 Å². The number of aromatic nitrogens is 1. The van der Waals surface area contributed by atoms with Crippen molar-refractivity contribution >= 4 is 33.6 Å². The standard InChI is InChI=1S/C28H29NO4/c1-7-32-27(31)24-17(2)29(6)25-21-11-9-8-10-20(21)23(16-22(24)25)33-26(30)18-12-14-19(15-13-18)28(3,4)5/h8-16H,7H2,1-6H3. The minimum atomic E-state index is -0.440. The van der Waals surface area contributed by atoms with Crippen molar-refractivity contribution in [1.82, 2.24) is 4.57 Å². The monoisotopic (exact) mass is 443 g/mol. The van der Waals surface area contributed by atoms with Gasteiger partial charge in [-0.2, -0.15) is 0 Å². The van der Waals surface area contributed by atoms with Crippen molar-refractivity contribution in [2.24, 2.45) is 7.05 Å². The number of benzene rings is 3. The minimum absolute atomic E-state index is 0.00165. The highest BCUT2D eigenvalue weighted by Crippen LogP contribution is 2.38. The van der Waals surface area contributed by atoms with Crippen LogP contribution in [0.25, 0.3) is 21.7 Å². The number of hydrogen-bond acceptors (Lipinski definition) is 4. The Hall–Kier alpha value is -3.60.